The van der Waals surface area contributed by atoms with Crippen molar-refractivity contribution in [2.75, 3.05) is 6.61 Å². The normalized spacial score (nSPS) is 22.6. The predicted molar refractivity (Wildman–Crippen MR) is 129 cm³/mol. The molecule has 1 fully saturated rings. The zero-order valence-corrected chi connectivity index (χ0v) is 20.5. The summed E-state index contributed by atoms with van der Waals surface area (Å²) in [5, 5.41) is 12.0. The van der Waals surface area contributed by atoms with Crippen molar-refractivity contribution in [2.45, 2.75) is 58.3 Å². The second kappa shape index (κ2) is 10.5. The van der Waals surface area contributed by atoms with Gasteiger partial charge in [0.2, 0.25) is 0 Å². The Balaban J connectivity index is 1.85. The van der Waals surface area contributed by atoms with E-state index < -0.39 is 48.6 Å². The Labute approximate surface area is 208 Å². The molecule has 9 heteroatoms. The topological polar surface area (TPSA) is 113 Å². The first-order valence-electron chi connectivity index (χ1n) is 11.6. The van der Waals surface area contributed by atoms with Crippen LogP contribution in [0.1, 0.15) is 49.8 Å². The van der Waals surface area contributed by atoms with Crippen molar-refractivity contribution in [3.05, 3.63) is 71.4 Å². The minimum atomic E-state index is -1.12. The highest BCUT2D eigenvalue weighted by molar-refractivity contribution is 5.87. The minimum Gasteiger partial charge on any atom is -0.456 e. The molecule has 0 radical (unpaired) electrons. The summed E-state index contributed by atoms with van der Waals surface area (Å²) in [6.07, 6.45) is -3.28. The number of hydrogen-bond acceptors (Lipinski definition) is 8. The lowest BCUT2D eigenvalue weighted by Gasteiger charge is -2.41. The molecule has 1 N–H and O–H groups in total. The van der Waals surface area contributed by atoms with Crippen LogP contribution in [0.5, 0.6) is 0 Å². The lowest BCUT2D eigenvalue weighted by molar-refractivity contribution is -0.239. The first-order valence-corrected chi connectivity index (χ1v) is 11.6. The van der Waals surface area contributed by atoms with Gasteiger partial charge in [0.15, 0.2) is 24.5 Å². The number of rotatable bonds is 6. The molecular formula is C27H29NO8. The lowest BCUT2D eigenvalue weighted by atomic mass is 10.0. The van der Waals surface area contributed by atoms with Crippen molar-refractivity contribution in [1.82, 2.24) is 4.57 Å². The number of carbonyl (C=O) groups excluding carboxylic acids is 3. The molecule has 0 bridgehead atoms. The molecule has 9 nitrogen and oxygen atoms in total. The van der Waals surface area contributed by atoms with Gasteiger partial charge in [0.05, 0.1) is 12.1 Å². The van der Waals surface area contributed by atoms with E-state index in [9.17, 15) is 19.5 Å². The van der Waals surface area contributed by atoms with Gasteiger partial charge in [-0.1, -0.05) is 48.5 Å². The summed E-state index contributed by atoms with van der Waals surface area (Å²) in [4.78, 5) is 35.8. The van der Waals surface area contributed by atoms with Crippen LogP contribution >= 0.6 is 0 Å². The molecule has 1 saturated heterocycles. The number of aliphatic hydroxyl groups is 1. The number of ether oxygens (including phenoxy) is 4. The number of esters is 3. The highest BCUT2D eigenvalue weighted by Crippen LogP contribution is 2.38. The molecule has 2 heterocycles. The Kier molecular flexibility index (Phi) is 7.42. The molecule has 1 aliphatic rings. The fourth-order valence-electron chi connectivity index (χ4n) is 4.71. The summed E-state index contributed by atoms with van der Waals surface area (Å²) < 4.78 is 24.3. The number of benzene rings is 2. The van der Waals surface area contributed by atoms with E-state index in [0.29, 0.717) is 11.1 Å². The SMILES string of the molecule is CC(=O)O[C@@H]1[C@@H](OC(C)=O)[C@H](OC(C)=O)CO[C@H]1n1cc(C(O)c2ccccc2)c2cccc(C)c21. The van der Waals surface area contributed by atoms with E-state index in [-0.39, 0.29) is 6.61 Å². The van der Waals surface area contributed by atoms with E-state index in [4.69, 9.17) is 18.9 Å². The van der Waals surface area contributed by atoms with Gasteiger partial charge in [-0.3, -0.25) is 14.4 Å². The third-order valence-electron chi connectivity index (χ3n) is 6.09. The Morgan fingerprint density at radius 1 is 0.917 bits per heavy atom. The average molecular weight is 496 g/mol. The van der Waals surface area contributed by atoms with Crippen LogP contribution in [0.4, 0.5) is 0 Å². The van der Waals surface area contributed by atoms with Crippen LogP contribution in [-0.4, -0.2) is 52.5 Å². The summed E-state index contributed by atoms with van der Waals surface area (Å²) in [5.41, 5.74) is 3.01. The largest absolute Gasteiger partial charge is 0.456 e. The zero-order valence-electron chi connectivity index (χ0n) is 20.5. The number of para-hydroxylation sites is 1. The molecular weight excluding hydrogens is 466 g/mol. The van der Waals surface area contributed by atoms with E-state index in [1.54, 1.807) is 10.8 Å². The van der Waals surface area contributed by atoms with Crippen molar-refractivity contribution >= 4 is 28.8 Å². The molecule has 190 valence electrons. The predicted octanol–water partition coefficient (Wildman–Crippen LogP) is 3.36. The standard InChI is InChI=1S/C27H29NO8/c1-15-9-8-12-20-21(24(32)19-10-6-5-7-11-19)13-28(23(15)20)27-26(36-18(4)31)25(35-17(3)30)22(14-33-27)34-16(2)29/h5-13,22,24-27,32H,14H2,1-4H3/t22-,24?,25+,26-,27-/m1/s1. The summed E-state index contributed by atoms with van der Waals surface area (Å²) in [7, 11) is 0. The molecule has 1 aromatic heterocycles. The van der Waals surface area contributed by atoms with Crippen LogP contribution in [-0.2, 0) is 33.3 Å². The van der Waals surface area contributed by atoms with Crippen molar-refractivity contribution in [3.8, 4) is 0 Å². The maximum atomic E-state index is 12.1. The zero-order chi connectivity index (χ0) is 26.0. The summed E-state index contributed by atoms with van der Waals surface area (Å²) in [5.74, 6) is -1.83. The Morgan fingerprint density at radius 2 is 1.56 bits per heavy atom. The Hall–Kier alpha value is -3.69. The van der Waals surface area contributed by atoms with Gasteiger partial charge in [-0.15, -0.1) is 0 Å². The van der Waals surface area contributed by atoms with E-state index in [1.807, 2.05) is 55.5 Å². The van der Waals surface area contributed by atoms with Crippen LogP contribution in [0.15, 0.2) is 54.7 Å². The van der Waals surface area contributed by atoms with Gasteiger partial charge in [-0.2, -0.15) is 0 Å². The third kappa shape index (κ3) is 5.12. The maximum absolute atomic E-state index is 12.1. The Bertz CT molecular complexity index is 1270. The summed E-state index contributed by atoms with van der Waals surface area (Å²) in [6, 6.07) is 15.0. The van der Waals surface area contributed by atoms with Crippen LogP contribution in [0.3, 0.4) is 0 Å². The number of aliphatic hydroxyl groups excluding tert-OH is 1. The molecule has 0 aliphatic carbocycles. The smallest absolute Gasteiger partial charge is 0.303 e. The molecule has 3 aromatic rings. The number of hydrogen-bond donors (Lipinski definition) is 1. The van der Waals surface area contributed by atoms with Crippen molar-refractivity contribution in [1.29, 1.82) is 0 Å². The maximum Gasteiger partial charge on any atom is 0.303 e. The first-order chi connectivity index (χ1) is 17.2. The molecule has 5 atom stereocenters. The van der Waals surface area contributed by atoms with E-state index in [2.05, 4.69) is 0 Å². The number of fused-ring (bicyclic) bond motifs is 1. The molecule has 0 spiro atoms. The number of aryl methyl sites for hydroxylation is 1. The van der Waals surface area contributed by atoms with Gasteiger partial charge in [0.25, 0.3) is 0 Å². The first kappa shape index (κ1) is 25.4. The fraction of sp³-hybridized carbons (Fsp3) is 0.370. The summed E-state index contributed by atoms with van der Waals surface area (Å²) in [6.45, 7) is 5.52. The van der Waals surface area contributed by atoms with E-state index >= 15 is 0 Å². The fourth-order valence-corrected chi connectivity index (χ4v) is 4.71. The van der Waals surface area contributed by atoms with Crippen LogP contribution in [0, 0.1) is 6.92 Å². The number of aromatic nitrogens is 1. The highest BCUT2D eigenvalue weighted by atomic mass is 16.6. The quantitative estimate of drug-likeness (QED) is 0.409. The third-order valence-corrected chi connectivity index (χ3v) is 6.09. The molecule has 1 unspecified atom stereocenters. The Morgan fingerprint density at radius 3 is 2.19 bits per heavy atom. The monoisotopic (exact) mass is 495 g/mol. The molecule has 36 heavy (non-hydrogen) atoms. The molecule has 0 saturated carbocycles. The van der Waals surface area contributed by atoms with Crippen molar-refractivity contribution in [3.63, 3.8) is 0 Å². The minimum absolute atomic E-state index is 0.0952. The molecule has 4 rings (SSSR count). The van der Waals surface area contributed by atoms with Gasteiger partial charge in [0.1, 0.15) is 6.10 Å². The second-order valence-electron chi connectivity index (χ2n) is 8.80. The second-order valence-corrected chi connectivity index (χ2v) is 8.80. The van der Waals surface area contributed by atoms with Crippen LogP contribution in [0.2, 0.25) is 0 Å². The van der Waals surface area contributed by atoms with Gasteiger partial charge >= 0.3 is 17.9 Å². The van der Waals surface area contributed by atoms with Gasteiger partial charge in [-0.05, 0) is 18.1 Å². The van der Waals surface area contributed by atoms with Crippen molar-refractivity contribution in [2.24, 2.45) is 0 Å². The summed E-state index contributed by atoms with van der Waals surface area (Å²) >= 11 is 0. The number of carbonyl (C=O) groups is 3. The van der Waals surface area contributed by atoms with Crippen LogP contribution < -0.4 is 0 Å². The lowest BCUT2D eigenvalue weighted by Crippen LogP contribution is -2.55. The van der Waals surface area contributed by atoms with E-state index in [0.717, 1.165) is 16.5 Å². The van der Waals surface area contributed by atoms with Crippen LogP contribution in [0.25, 0.3) is 10.9 Å². The molecule has 2 aromatic carbocycles. The highest BCUT2D eigenvalue weighted by Gasteiger charge is 2.48. The van der Waals surface area contributed by atoms with Crippen molar-refractivity contribution < 1.29 is 38.4 Å². The van der Waals surface area contributed by atoms with Gasteiger partial charge in [0, 0.05) is 37.9 Å². The molecule has 1 aliphatic heterocycles. The number of nitrogens with zero attached hydrogens (tertiary/aromatic N) is 1. The van der Waals surface area contributed by atoms with Gasteiger partial charge in [-0.25, -0.2) is 0 Å². The van der Waals surface area contributed by atoms with E-state index in [1.165, 1.54) is 20.8 Å². The molecule has 0 amide bonds. The van der Waals surface area contributed by atoms with Gasteiger partial charge < -0.3 is 28.6 Å². The average Bonchev–Trinajstić information content (AvgIpc) is 3.21.